The van der Waals surface area contributed by atoms with Crippen molar-refractivity contribution in [2.75, 3.05) is 26.3 Å². The molecule has 1 aromatic heterocycles. The van der Waals surface area contributed by atoms with Crippen molar-refractivity contribution >= 4 is 22.7 Å². The van der Waals surface area contributed by atoms with Gasteiger partial charge in [0.05, 0.1) is 23.5 Å². The van der Waals surface area contributed by atoms with Crippen LogP contribution in [0, 0.1) is 10.1 Å². The van der Waals surface area contributed by atoms with E-state index in [-0.39, 0.29) is 11.4 Å². The smallest absolute Gasteiger partial charge is 0.408 e. The van der Waals surface area contributed by atoms with Crippen LogP contribution in [0.3, 0.4) is 0 Å². The zero-order valence-electron chi connectivity index (χ0n) is 11.6. The van der Waals surface area contributed by atoms with Crippen LogP contribution in [0.5, 0.6) is 5.75 Å². The average Bonchev–Trinajstić information content (AvgIpc) is 2.55. The highest BCUT2D eigenvalue weighted by atomic mass is 16.6. The number of benzene rings is 1. The maximum Gasteiger partial charge on any atom is 0.415 e. The predicted octanol–water partition coefficient (Wildman–Crippen LogP) is 1.97. The van der Waals surface area contributed by atoms with E-state index in [0.717, 1.165) is 0 Å². The van der Waals surface area contributed by atoms with Crippen molar-refractivity contribution in [1.29, 1.82) is 0 Å². The molecule has 0 atom stereocenters. The maximum atomic E-state index is 12.1. The third-order valence-electron chi connectivity index (χ3n) is 3.37. The van der Waals surface area contributed by atoms with E-state index in [2.05, 4.69) is 4.98 Å². The Labute approximate surface area is 125 Å². The molecule has 1 aliphatic rings. The van der Waals surface area contributed by atoms with E-state index in [1.165, 1.54) is 23.2 Å². The molecule has 0 radical (unpaired) electrons. The van der Waals surface area contributed by atoms with Crippen LogP contribution in [-0.4, -0.2) is 47.2 Å². The molecule has 1 amide bonds. The summed E-state index contributed by atoms with van der Waals surface area (Å²) in [6.45, 7) is 1.84. The molecule has 8 heteroatoms. The van der Waals surface area contributed by atoms with Gasteiger partial charge in [-0.25, -0.2) is 4.79 Å². The number of nitro benzene ring substituents is 1. The third kappa shape index (κ3) is 2.68. The van der Waals surface area contributed by atoms with Gasteiger partial charge in [-0.1, -0.05) is 0 Å². The molecule has 8 nitrogen and oxygen atoms in total. The highest BCUT2D eigenvalue weighted by Gasteiger charge is 2.22. The molecule has 22 heavy (non-hydrogen) atoms. The summed E-state index contributed by atoms with van der Waals surface area (Å²) in [6, 6.07) is 5.88. The number of pyridine rings is 1. The van der Waals surface area contributed by atoms with E-state index in [0.29, 0.717) is 37.2 Å². The second-order valence-corrected chi connectivity index (χ2v) is 4.71. The fourth-order valence-electron chi connectivity index (χ4n) is 2.28. The predicted molar refractivity (Wildman–Crippen MR) is 76.8 cm³/mol. The summed E-state index contributed by atoms with van der Waals surface area (Å²) in [4.78, 5) is 28.3. The number of amides is 1. The second kappa shape index (κ2) is 5.94. The van der Waals surface area contributed by atoms with Gasteiger partial charge in [0.15, 0.2) is 5.75 Å². The van der Waals surface area contributed by atoms with Crippen molar-refractivity contribution in [2.24, 2.45) is 0 Å². The monoisotopic (exact) mass is 303 g/mol. The molecule has 2 heterocycles. The van der Waals surface area contributed by atoms with E-state index in [1.54, 1.807) is 12.1 Å². The number of carbonyl (C=O) groups excluding carboxylic acids is 1. The molecule has 1 aliphatic heterocycles. The largest absolute Gasteiger partial charge is 0.415 e. The van der Waals surface area contributed by atoms with Crippen LogP contribution in [0.2, 0.25) is 0 Å². The SMILES string of the molecule is O=C(Oc1ccc([N+](=O)[O-])c2cccnc12)N1CCOCC1. The van der Waals surface area contributed by atoms with Crippen molar-refractivity contribution < 1.29 is 19.2 Å². The van der Waals surface area contributed by atoms with Gasteiger partial charge in [0.1, 0.15) is 5.52 Å². The fourth-order valence-corrected chi connectivity index (χ4v) is 2.28. The molecule has 114 valence electrons. The fraction of sp³-hybridized carbons (Fsp3) is 0.286. The van der Waals surface area contributed by atoms with Crippen LogP contribution in [0.15, 0.2) is 30.5 Å². The van der Waals surface area contributed by atoms with Crippen LogP contribution >= 0.6 is 0 Å². The Morgan fingerprint density at radius 2 is 2.09 bits per heavy atom. The number of aromatic nitrogens is 1. The normalized spacial score (nSPS) is 14.8. The van der Waals surface area contributed by atoms with E-state index < -0.39 is 11.0 Å². The summed E-state index contributed by atoms with van der Waals surface area (Å²) < 4.78 is 10.5. The quantitative estimate of drug-likeness (QED) is 0.622. The Hall–Kier alpha value is -2.74. The molecule has 0 N–H and O–H groups in total. The maximum absolute atomic E-state index is 12.1. The van der Waals surface area contributed by atoms with Crippen molar-refractivity contribution in [3.63, 3.8) is 0 Å². The van der Waals surface area contributed by atoms with E-state index >= 15 is 0 Å². The third-order valence-corrected chi connectivity index (χ3v) is 3.37. The summed E-state index contributed by atoms with van der Waals surface area (Å²) in [5.74, 6) is 0.206. The van der Waals surface area contributed by atoms with Gasteiger partial charge in [-0.15, -0.1) is 0 Å². The number of fused-ring (bicyclic) bond motifs is 1. The van der Waals surface area contributed by atoms with Gasteiger partial charge in [0.25, 0.3) is 5.69 Å². The number of carbonyl (C=O) groups is 1. The molecule has 3 rings (SSSR count). The lowest BCUT2D eigenvalue weighted by Gasteiger charge is -2.25. The Morgan fingerprint density at radius 3 is 2.82 bits per heavy atom. The average molecular weight is 303 g/mol. The zero-order chi connectivity index (χ0) is 15.5. The molecule has 2 aromatic rings. The van der Waals surface area contributed by atoms with Crippen LogP contribution < -0.4 is 4.74 Å². The molecule has 0 spiro atoms. The summed E-state index contributed by atoms with van der Waals surface area (Å²) in [6.07, 6.45) is 0.988. The molecule has 1 aromatic carbocycles. The van der Waals surface area contributed by atoms with Crippen molar-refractivity contribution in [1.82, 2.24) is 9.88 Å². The Balaban J connectivity index is 1.92. The van der Waals surface area contributed by atoms with Gasteiger partial charge in [-0.05, 0) is 18.2 Å². The summed E-state index contributed by atoms with van der Waals surface area (Å²) in [7, 11) is 0. The second-order valence-electron chi connectivity index (χ2n) is 4.71. The highest BCUT2D eigenvalue weighted by Crippen LogP contribution is 2.31. The number of morpholine rings is 1. The van der Waals surface area contributed by atoms with Crippen molar-refractivity contribution in [3.05, 3.63) is 40.6 Å². The Bertz CT molecular complexity index is 727. The van der Waals surface area contributed by atoms with Crippen LogP contribution in [0.4, 0.5) is 10.5 Å². The first-order valence-corrected chi connectivity index (χ1v) is 6.73. The topological polar surface area (TPSA) is 94.8 Å². The van der Waals surface area contributed by atoms with Crippen LogP contribution in [0.25, 0.3) is 10.9 Å². The summed E-state index contributed by atoms with van der Waals surface area (Å²) in [5, 5.41) is 11.4. The number of rotatable bonds is 2. The number of ether oxygens (including phenoxy) is 2. The molecule has 1 fully saturated rings. The first-order chi connectivity index (χ1) is 10.7. The first kappa shape index (κ1) is 14.2. The minimum Gasteiger partial charge on any atom is -0.408 e. The molecule has 0 aliphatic carbocycles. The molecule has 0 unspecified atom stereocenters. The van der Waals surface area contributed by atoms with Crippen LogP contribution in [0.1, 0.15) is 0 Å². The minimum atomic E-state index is -0.510. The number of nitro groups is 1. The van der Waals surface area contributed by atoms with E-state index in [4.69, 9.17) is 9.47 Å². The number of hydrogen-bond donors (Lipinski definition) is 0. The zero-order valence-corrected chi connectivity index (χ0v) is 11.6. The molecular weight excluding hydrogens is 290 g/mol. The summed E-state index contributed by atoms with van der Waals surface area (Å²) >= 11 is 0. The van der Waals surface area contributed by atoms with Gasteiger partial charge in [0.2, 0.25) is 0 Å². The molecule has 0 saturated carbocycles. The van der Waals surface area contributed by atoms with Gasteiger partial charge >= 0.3 is 6.09 Å². The lowest BCUT2D eigenvalue weighted by Crippen LogP contribution is -2.42. The number of non-ortho nitro benzene ring substituents is 1. The summed E-state index contributed by atoms with van der Waals surface area (Å²) in [5.41, 5.74) is 0.215. The van der Waals surface area contributed by atoms with Crippen molar-refractivity contribution in [2.45, 2.75) is 0 Å². The Kier molecular flexibility index (Phi) is 3.84. The molecule has 1 saturated heterocycles. The Morgan fingerprint density at radius 1 is 1.32 bits per heavy atom. The van der Waals surface area contributed by atoms with E-state index in [9.17, 15) is 14.9 Å². The van der Waals surface area contributed by atoms with Crippen LogP contribution in [-0.2, 0) is 4.74 Å². The standard InChI is InChI=1S/C14H13N3O5/c18-14(16-6-8-21-9-7-16)22-12-4-3-11(17(19)20)10-2-1-5-15-13(10)12/h1-5H,6-9H2. The van der Waals surface area contributed by atoms with Gasteiger partial charge in [0, 0.05) is 25.4 Å². The van der Waals surface area contributed by atoms with Crippen molar-refractivity contribution in [3.8, 4) is 5.75 Å². The number of nitrogens with zero attached hydrogens (tertiary/aromatic N) is 3. The first-order valence-electron chi connectivity index (χ1n) is 6.73. The van der Waals surface area contributed by atoms with Gasteiger partial charge < -0.3 is 14.4 Å². The van der Waals surface area contributed by atoms with E-state index in [1.807, 2.05) is 0 Å². The van der Waals surface area contributed by atoms with Gasteiger partial charge in [-0.3, -0.25) is 15.1 Å². The highest BCUT2D eigenvalue weighted by molar-refractivity contribution is 5.93. The lowest BCUT2D eigenvalue weighted by atomic mass is 10.1. The molecule has 0 bridgehead atoms. The molecular formula is C14H13N3O5. The lowest BCUT2D eigenvalue weighted by molar-refractivity contribution is -0.383. The number of hydrogen-bond acceptors (Lipinski definition) is 6. The van der Waals surface area contributed by atoms with Gasteiger partial charge in [-0.2, -0.15) is 0 Å². The minimum absolute atomic E-state index is 0.0747.